The molecule has 0 aromatic carbocycles. The Kier molecular flexibility index (Phi) is 9.99. The topological polar surface area (TPSA) is 83.0 Å². The van der Waals surface area contributed by atoms with Gasteiger partial charge in [0.25, 0.3) is 0 Å². The second-order valence-electron chi connectivity index (χ2n) is 7.35. The Hall–Kier alpha value is -1.55. The van der Waals surface area contributed by atoms with E-state index < -0.39 is 10.0 Å². The summed E-state index contributed by atoms with van der Waals surface area (Å²) in [5, 5.41) is 0. The van der Waals surface area contributed by atoms with Crippen LogP contribution in [0.1, 0.15) is 32.6 Å². The fourth-order valence-corrected chi connectivity index (χ4v) is 4.32. The lowest BCUT2D eigenvalue weighted by Gasteiger charge is -2.31. The average Bonchev–Trinajstić information content (AvgIpc) is 2.74. The molecule has 1 saturated heterocycles. The molecule has 0 radical (unpaired) electrons. The fraction of sp³-hybridized carbons (Fsp3) is 0.700. The molecule has 8 nitrogen and oxygen atoms in total. The molecule has 2 heterocycles. The molecule has 0 bridgehead atoms. The zero-order valence-electron chi connectivity index (χ0n) is 17.6. The highest BCUT2D eigenvalue weighted by atomic mass is 32.2. The number of pyridine rings is 1. The van der Waals surface area contributed by atoms with Gasteiger partial charge in [0, 0.05) is 52.2 Å². The molecular weight excluding hydrogens is 392 g/mol. The van der Waals surface area contributed by atoms with Gasteiger partial charge in [0.05, 0.1) is 19.8 Å². The van der Waals surface area contributed by atoms with Crippen molar-refractivity contribution in [3.63, 3.8) is 0 Å². The van der Waals surface area contributed by atoms with Gasteiger partial charge in [0.1, 0.15) is 4.90 Å². The maximum Gasteiger partial charge on any atom is 0.244 e. The molecule has 1 aromatic heterocycles. The highest BCUT2D eigenvalue weighted by molar-refractivity contribution is 7.89. The van der Waals surface area contributed by atoms with Crippen molar-refractivity contribution in [2.75, 3.05) is 59.5 Å². The zero-order chi connectivity index (χ0) is 21.1. The molecular formula is C20H34N4O4S. The lowest BCUT2D eigenvalue weighted by Crippen LogP contribution is -2.46. The summed E-state index contributed by atoms with van der Waals surface area (Å²) in [5.41, 5.74) is 0. The number of sulfonamides is 1. The van der Waals surface area contributed by atoms with Crippen LogP contribution in [0.3, 0.4) is 0 Å². The second-order valence-corrected chi connectivity index (χ2v) is 9.39. The molecule has 0 unspecified atom stereocenters. The van der Waals surface area contributed by atoms with E-state index in [0.717, 1.165) is 62.8 Å². The summed E-state index contributed by atoms with van der Waals surface area (Å²) in [6, 6.07) is 3.06. The summed E-state index contributed by atoms with van der Waals surface area (Å²) >= 11 is 0. The van der Waals surface area contributed by atoms with Crippen LogP contribution in [0, 0.1) is 0 Å². The van der Waals surface area contributed by atoms with E-state index in [1.54, 1.807) is 11.0 Å². The number of hydrogen-bond acceptors (Lipinski definition) is 6. The van der Waals surface area contributed by atoms with Gasteiger partial charge in [-0.1, -0.05) is 26.2 Å². The second kappa shape index (κ2) is 12.2. The number of morpholine rings is 1. The first-order valence-corrected chi connectivity index (χ1v) is 11.8. The van der Waals surface area contributed by atoms with Gasteiger partial charge in [-0.05, 0) is 18.6 Å². The first-order chi connectivity index (χ1) is 13.9. The van der Waals surface area contributed by atoms with E-state index in [2.05, 4.69) is 16.8 Å². The lowest BCUT2D eigenvalue weighted by atomic mass is 10.2. The van der Waals surface area contributed by atoms with Gasteiger partial charge in [0.2, 0.25) is 15.9 Å². The Labute approximate surface area is 174 Å². The van der Waals surface area contributed by atoms with Crippen LogP contribution in [0.15, 0.2) is 29.4 Å². The minimum atomic E-state index is -3.74. The van der Waals surface area contributed by atoms with Crippen molar-refractivity contribution in [1.29, 1.82) is 0 Å². The van der Waals surface area contributed by atoms with Crippen molar-refractivity contribution in [3.8, 4) is 0 Å². The quantitative estimate of drug-likeness (QED) is 0.471. The Bertz CT molecular complexity index is 708. The number of carbonyl (C=O) groups excluding carboxylic acids is 1. The van der Waals surface area contributed by atoms with Gasteiger partial charge < -0.3 is 9.64 Å². The van der Waals surface area contributed by atoms with Crippen LogP contribution in [-0.2, 0) is 19.6 Å². The fourth-order valence-electron chi connectivity index (χ4n) is 3.23. The van der Waals surface area contributed by atoms with E-state index in [0.29, 0.717) is 13.1 Å². The number of rotatable bonds is 12. The van der Waals surface area contributed by atoms with E-state index in [9.17, 15) is 13.2 Å². The maximum atomic E-state index is 12.9. The van der Waals surface area contributed by atoms with Crippen molar-refractivity contribution in [2.24, 2.45) is 0 Å². The Morgan fingerprint density at radius 1 is 1.21 bits per heavy atom. The highest BCUT2D eigenvalue weighted by Crippen LogP contribution is 2.13. The van der Waals surface area contributed by atoms with E-state index in [-0.39, 0.29) is 17.3 Å². The van der Waals surface area contributed by atoms with Crippen LogP contribution in [0.2, 0.25) is 0 Å². The number of ether oxygens (including phenoxy) is 1. The van der Waals surface area contributed by atoms with Crippen LogP contribution in [0.4, 0.5) is 0 Å². The van der Waals surface area contributed by atoms with Crippen LogP contribution in [-0.4, -0.2) is 92.9 Å². The predicted molar refractivity (Wildman–Crippen MR) is 112 cm³/mol. The standard InChI is InChI=1S/C20H34N4O4S/c1-3-4-5-6-10-24(12-11-23-13-15-28-16-14-23)20(25)18-22(2)29(26,27)19-8-7-9-21-17-19/h7-9,17H,3-6,10-16,18H2,1-2H3. The molecule has 164 valence electrons. The highest BCUT2D eigenvalue weighted by Gasteiger charge is 2.25. The van der Waals surface area contributed by atoms with Crippen molar-refractivity contribution >= 4 is 15.9 Å². The molecule has 1 aliphatic heterocycles. The largest absolute Gasteiger partial charge is 0.379 e. The van der Waals surface area contributed by atoms with Crippen LogP contribution in [0.25, 0.3) is 0 Å². The molecule has 1 aliphatic rings. The molecule has 29 heavy (non-hydrogen) atoms. The third-order valence-electron chi connectivity index (χ3n) is 5.12. The third kappa shape index (κ3) is 7.65. The third-order valence-corrected chi connectivity index (χ3v) is 6.91. The average molecular weight is 427 g/mol. The monoisotopic (exact) mass is 426 g/mol. The summed E-state index contributed by atoms with van der Waals surface area (Å²) in [4.78, 5) is 21.0. The van der Waals surface area contributed by atoms with Crippen LogP contribution < -0.4 is 0 Å². The summed E-state index contributed by atoms with van der Waals surface area (Å²) in [6.07, 6.45) is 7.10. The van der Waals surface area contributed by atoms with Crippen LogP contribution >= 0.6 is 0 Å². The summed E-state index contributed by atoms with van der Waals surface area (Å²) in [6.45, 7) is 7.19. The van der Waals surface area contributed by atoms with Crippen molar-refractivity contribution in [3.05, 3.63) is 24.5 Å². The van der Waals surface area contributed by atoms with Crippen molar-refractivity contribution in [2.45, 2.75) is 37.5 Å². The zero-order valence-corrected chi connectivity index (χ0v) is 18.4. The Balaban J connectivity index is 1.96. The summed E-state index contributed by atoms with van der Waals surface area (Å²) in [5.74, 6) is -0.162. The molecule has 1 fully saturated rings. The normalized spacial score (nSPS) is 15.6. The predicted octanol–water partition coefficient (Wildman–Crippen LogP) is 1.44. The van der Waals surface area contributed by atoms with Crippen LogP contribution in [0.5, 0.6) is 0 Å². The maximum absolute atomic E-state index is 12.9. The SMILES string of the molecule is CCCCCCN(CCN1CCOCC1)C(=O)CN(C)S(=O)(=O)c1cccnc1. The molecule has 9 heteroatoms. The lowest BCUT2D eigenvalue weighted by molar-refractivity contribution is -0.131. The molecule has 0 aliphatic carbocycles. The molecule has 0 spiro atoms. The molecule has 0 saturated carbocycles. The van der Waals surface area contributed by atoms with E-state index in [4.69, 9.17) is 4.74 Å². The smallest absolute Gasteiger partial charge is 0.244 e. The minimum absolute atomic E-state index is 0.0955. The Morgan fingerprint density at radius 2 is 1.97 bits per heavy atom. The Morgan fingerprint density at radius 3 is 2.62 bits per heavy atom. The number of carbonyl (C=O) groups is 1. The van der Waals surface area contributed by atoms with Crippen molar-refractivity contribution in [1.82, 2.24) is 19.1 Å². The van der Waals surface area contributed by atoms with Gasteiger partial charge in [-0.2, -0.15) is 4.31 Å². The van der Waals surface area contributed by atoms with Crippen molar-refractivity contribution < 1.29 is 17.9 Å². The molecule has 2 rings (SSSR count). The van der Waals surface area contributed by atoms with Gasteiger partial charge in [0.15, 0.2) is 0 Å². The van der Waals surface area contributed by atoms with Gasteiger partial charge in [-0.15, -0.1) is 0 Å². The number of amides is 1. The van der Waals surface area contributed by atoms with E-state index in [1.807, 2.05) is 0 Å². The minimum Gasteiger partial charge on any atom is -0.379 e. The van der Waals surface area contributed by atoms with Gasteiger partial charge in [-0.25, -0.2) is 8.42 Å². The van der Waals surface area contributed by atoms with Gasteiger partial charge in [-0.3, -0.25) is 14.7 Å². The number of likely N-dealkylation sites (N-methyl/N-ethyl adjacent to an activating group) is 1. The first kappa shape index (κ1) is 23.7. The number of nitrogens with zero attached hydrogens (tertiary/aromatic N) is 4. The summed E-state index contributed by atoms with van der Waals surface area (Å²) in [7, 11) is -2.29. The number of unbranched alkanes of at least 4 members (excludes halogenated alkanes) is 3. The van der Waals surface area contributed by atoms with Gasteiger partial charge >= 0.3 is 0 Å². The van der Waals surface area contributed by atoms with E-state index >= 15 is 0 Å². The number of hydrogen-bond donors (Lipinski definition) is 0. The number of aromatic nitrogens is 1. The molecule has 1 amide bonds. The first-order valence-electron chi connectivity index (χ1n) is 10.4. The molecule has 0 atom stereocenters. The molecule has 1 aromatic rings. The van der Waals surface area contributed by atoms with E-state index in [1.165, 1.54) is 25.5 Å². The molecule has 0 N–H and O–H groups in total. The summed E-state index contributed by atoms with van der Waals surface area (Å²) < 4.78 is 31.9.